The lowest BCUT2D eigenvalue weighted by atomic mass is 10.2. The van der Waals surface area contributed by atoms with Crippen LogP contribution in [0.1, 0.15) is 11.1 Å². The number of benzene rings is 2. The van der Waals surface area contributed by atoms with Gasteiger partial charge < -0.3 is 5.32 Å². The van der Waals surface area contributed by atoms with Gasteiger partial charge in [-0.2, -0.15) is 13.2 Å². The lowest BCUT2D eigenvalue weighted by molar-refractivity contribution is -0.137. The summed E-state index contributed by atoms with van der Waals surface area (Å²) in [6, 6.07) is 12.2. The third-order valence-corrected chi connectivity index (χ3v) is 3.87. The molecule has 0 aliphatic carbocycles. The van der Waals surface area contributed by atoms with Gasteiger partial charge in [0.15, 0.2) is 5.11 Å². The van der Waals surface area contributed by atoms with E-state index in [1.165, 1.54) is 12.1 Å². The molecule has 2 rings (SSSR count). The van der Waals surface area contributed by atoms with Gasteiger partial charge in [0, 0.05) is 15.7 Å². The number of nitrogens with one attached hydrogen (secondary N) is 3. The molecule has 0 saturated heterocycles. The van der Waals surface area contributed by atoms with Crippen LogP contribution < -0.4 is 16.2 Å². The zero-order valence-electron chi connectivity index (χ0n) is 12.2. The maximum atomic E-state index is 12.7. The van der Waals surface area contributed by atoms with Gasteiger partial charge in [-0.1, -0.05) is 46.8 Å². The minimum absolute atomic E-state index is 0.113. The first-order valence-electron chi connectivity index (χ1n) is 6.71. The average molecular weight is 416 g/mol. The van der Waals surface area contributed by atoms with Crippen LogP contribution in [0.25, 0.3) is 5.70 Å². The molecule has 24 heavy (non-hydrogen) atoms. The predicted octanol–water partition coefficient (Wildman–Crippen LogP) is 4.93. The van der Waals surface area contributed by atoms with E-state index in [0.717, 1.165) is 22.2 Å². The lowest BCUT2D eigenvalue weighted by Gasteiger charge is -2.16. The third-order valence-electron chi connectivity index (χ3n) is 2.97. The maximum Gasteiger partial charge on any atom is 0.416 e. The van der Waals surface area contributed by atoms with Crippen molar-refractivity contribution in [1.82, 2.24) is 10.9 Å². The number of rotatable bonds is 4. The maximum absolute atomic E-state index is 12.7. The Kier molecular flexibility index (Phi) is 5.84. The topological polar surface area (TPSA) is 36.1 Å². The van der Waals surface area contributed by atoms with Gasteiger partial charge in [-0.3, -0.25) is 10.9 Å². The Balaban J connectivity index is 1.95. The molecule has 2 aromatic carbocycles. The molecule has 0 unspecified atom stereocenters. The second-order valence-corrected chi connectivity index (χ2v) is 6.00. The molecule has 0 aliphatic heterocycles. The first-order valence-corrected chi connectivity index (χ1v) is 7.91. The van der Waals surface area contributed by atoms with E-state index in [2.05, 4.69) is 38.7 Å². The van der Waals surface area contributed by atoms with Gasteiger partial charge in [-0.25, -0.2) is 0 Å². The van der Waals surface area contributed by atoms with E-state index in [9.17, 15) is 13.2 Å². The van der Waals surface area contributed by atoms with Crippen LogP contribution in [-0.4, -0.2) is 5.11 Å². The summed E-state index contributed by atoms with van der Waals surface area (Å²) in [6.45, 7) is 3.87. The van der Waals surface area contributed by atoms with Crippen LogP contribution in [0.15, 0.2) is 59.6 Å². The molecule has 0 aromatic heterocycles. The highest BCUT2D eigenvalue weighted by Gasteiger charge is 2.30. The van der Waals surface area contributed by atoms with Gasteiger partial charge in [0.2, 0.25) is 0 Å². The number of hydrazine groups is 1. The normalized spacial score (nSPS) is 10.8. The Labute approximate surface area is 151 Å². The molecular formula is C16H13BrF3N3S. The van der Waals surface area contributed by atoms with E-state index in [4.69, 9.17) is 12.2 Å². The van der Waals surface area contributed by atoms with E-state index < -0.39 is 11.7 Å². The van der Waals surface area contributed by atoms with E-state index in [1.807, 2.05) is 24.3 Å². The van der Waals surface area contributed by atoms with Crippen molar-refractivity contribution in [2.45, 2.75) is 6.18 Å². The average Bonchev–Trinajstić information content (AvgIpc) is 2.52. The van der Waals surface area contributed by atoms with Gasteiger partial charge in [0.1, 0.15) is 0 Å². The van der Waals surface area contributed by atoms with Crippen molar-refractivity contribution in [2.75, 3.05) is 5.32 Å². The summed E-state index contributed by atoms with van der Waals surface area (Å²) in [5.74, 6) is 0. The first kappa shape index (κ1) is 18.3. The second kappa shape index (κ2) is 7.67. The van der Waals surface area contributed by atoms with Crippen molar-refractivity contribution in [3.63, 3.8) is 0 Å². The summed E-state index contributed by atoms with van der Waals surface area (Å²) in [5.41, 5.74) is 6.35. The third kappa shape index (κ3) is 4.97. The molecule has 0 amide bonds. The largest absolute Gasteiger partial charge is 0.416 e. The number of alkyl halides is 3. The van der Waals surface area contributed by atoms with Crippen molar-refractivity contribution in [2.24, 2.45) is 0 Å². The SMILES string of the molecule is C=C(NNC(=S)Nc1cccc(C(F)(F)F)c1)c1ccccc1Br. The Bertz CT molecular complexity index is 762. The smallest absolute Gasteiger partial charge is 0.331 e. The fraction of sp³-hybridized carbons (Fsp3) is 0.0625. The molecular weight excluding hydrogens is 403 g/mol. The molecule has 0 atom stereocenters. The Hall–Kier alpha value is -2.06. The van der Waals surface area contributed by atoms with Gasteiger partial charge in [-0.05, 0) is 36.5 Å². The van der Waals surface area contributed by atoms with E-state index in [0.29, 0.717) is 5.70 Å². The van der Waals surface area contributed by atoms with Crippen molar-refractivity contribution in [1.29, 1.82) is 0 Å². The van der Waals surface area contributed by atoms with Crippen LogP contribution >= 0.6 is 28.1 Å². The Morgan fingerprint density at radius 3 is 2.42 bits per heavy atom. The van der Waals surface area contributed by atoms with Gasteiger partial charge in [-0.15, -0.1) is 0 Å². The van der Waals surface area contributed by atoms with E-state index >= 15 is 0 Å². The molecule has 0 saturated carbocycles. The van der Waals surface area contributed by atoms with Crippen LogP contribution in [0.2, 0.25) is 0 Å². The molecule has 0 fully saturated rings. The highest BCUT2D eigenvalue weighted by atomic mass is 79.9. The zero-order chi connectivity index (χ0) is 17.7. The Morgan fingerprint density at radius 1 is 1.04 bits per heavy atom. The van der Waals surface area contributed by atoms with Gasteiger partial charge in [0.25, 0.3) is 0 Å². The minimum Gasteiger partial charge on any atom is -0.331 e. The molecule has 0 spiro atoms. The highest BCUT2D eigenvalue weighted by Crippen LogP contribution is 2.30. The van der Waals surface area contributed by atoms with E-state index in [1.54, 1.807) is 0 Å². The molecule has 0 aliphatic rings. The number of halogens is 4. The highest BCUT2D eigenvalue weighted by molar-refractivity contribution is 9.10. The summed E-state index contributed by atoms with van der Waals surface area (Å²) in [4.78, 5) is 0. The summed E-state index contributed by atoms with van der Waals surface area (Å²) >= 11 is 8.46. The molecule has 8 heteroatoms. The fourth-order valence-corrected chi connectivity index (χ4v) is 2.53. The fourth-order valence-electron chi connectivity index (χ4n) is 1.84. The van der Waals surface area contributed by atoms with E-state index in [-0.39, 0.29) is 10.8 Å². The number of hydrogen-bond acceptors (Lipinski definition) is 2. The van der Waals surface area contributed by atoms with Gasteiger partial charge >= 0.3 is 6.18 Å². The Morgan fingerprint density at radius 2 is 1.75 bits per heavy atom. The standard InChI is InChI=1S/C16H13BrF3N3S/c1-10(13-7-2-3-8-14(13)17)22-23-15(24)21-12-6-4-5-11(9-12)16(18,19)20/h2-9,22H,1H2,(H2,21,23,24). The van der Waals surface area contributed by atoms with Crippen LogP contribution in [0.4, 0.5) is 18.9 Å². The van der Waals surface area contributed by atoms with Crippen LogP contribution in [0, 0.1) is 0 Å². The van der Waals surface area contributed by atoms with Crippen LogP contribution in [0.5, 0.6) is 0 Å². The number of hydrogen-bond donors (Lipinski definition) is 3. The number of anilines is 1. The summed E-state index contributed by atoms with van der Waals surface area (Å²) in [7, 11) is 0. The van der Waals surface area contributed by atoms with Crippen molar-refractivity contribution in [3.05, 3.63) is 70.7 Å². The predicted molar refractivity (Wildman–Crippen MR) is 97.1 cm³/mol. The van der Waals surface area contributed by atoms with Gasteiger partial charge in [0.05, 0.1) is 11.3 Å². The lowest BCUT2D eigenvalue weighted by Crippen LogP contribution is -2.38. The van der Waals surface area contributed by atoms with Crippen LogP contribution in [0.3, 0.4) is 0 Å². The molecule has 2 aromatic rings. The van der Waals surface area contributed by atoms with Crippen molar-refractivity contribution < 1.29 is 13.2 Å². The minimum atomic E-state index is -4.40. The molecule has 3 nitrogen and oxygen atoms in total. The summed E-state index contributed by atoms with van der Waals surface area (Å²) in [5, 5.41) is 2.79. The summed E-state index contributed by atoms with van der Waals surface area (Å²) in [6.07, 6.45) is -4.40. The molecule has 126 valence electrons. The molecule has 3 N–H and O–H groups in total. The molecule has 0 heterocycles. The quantitative estimate of drug-likeness (QED) is 0.488. The van der Waals surface area contributed by atoms with Crippen molar-refractivity contribution >= 4 is 44.6 Å². The van der Waals surface area contributed by atoms with Crippen LogP contribution in [-0.2, 0) is 6.18 Å². The molecule has 0 bridgehead atoms. The summed E-state index contributed by atoms with van der Waals surface area (Å²) < 4.78 is 38.9. The zero-order valence-corrected chi connectivity index (χ0v) is 14.6. The second-order valence-electron chi connectivity index (χ2n) is 4.74. The first-order chi connectivity index (χ1) is 11.3. The number of thiocarbonyl (C=S) groups is 1. The van der Waals surface area contributed by atoms with Crippen molar-refractivity contribution in [3.8, 4) is 0 Å². The monoisotopic (exact) mass is 415 g/mol. The molecule has 0 radical (unpaired) electrons.